The molecule has 0 bridgehead atoms. The number of rotatable bonds is 8. The molecule has 0 saturated heterocycles. The number of methoxy groups -OCH3 is 2. The smallest absolute Gasteiger partial charge is 0.354 e. The van der Waals surface area contributed by atoms with Gasteiger partial charge in [-0.2, -0.15) is 0 Å². The maximum atomic E-state index is 12.1. The van der Waals surface area contributed by atoms with Crippen LogP contribution in [0.25, 0.3) is 0 Å². The summed E-state index contributed by atoms with van der Waals surface area (Å²) in [6.07, 6.45) is 1.20. The minimum atomic E-state index is -0.692. The minimum Gasteiger partial charge on any atom is -0.465 e. The molecule has 0 radical (unpaired) electrons. The van der Waals surface area contributed by atoms with Crippen molar-refractivity contribution in [3.05, 3.63) is 76.1 Å². The second-order valence-corrected chi connectivity index (χ2v) is 6.64. The number of carbonyl (C=O) groups is 2. The fourth-order valence-electron chi connectivity index (χ4n) is 3.20. The van der Waals surface area contributed by atoms with E-state index in [1.165, 1.54) is 38.7 Å². The van der Waals surface area contributed by atoms with Gasteiger partial charge in [0.25, 0.3) is 0 Å². The van der Waals surface area contributed by atoms with Crippen LogP contribution in [0.5, 0.6) is 0 Å². The Hall–Kier alpha value is -4.54. The van der Waals surface area contributed by atoms with Crippen LogP contribution in [-0.4, -0.2) is 47.6 Å². The highest BCUT2D eigenvalue weighted by Gasteiger charge is 2.28. The lowest BCUT2D eigenvalue weighted by molar-refractivity contribution is -0.383. The van der Waals surface area contributed by atoms with Crippen LogP contribution in [-0.2, 0) is 9.47 Å². The second-order valence-electron chi connectivity index (χ2n) is 6.64. The zero-order valence-corrected chi connectivity index (χ0v) is 18.1. The fourth-order valence-corrected chi connectivity index (χ4v) is 3.20. The number of anilines is 4. The molecule has 0 amide bonds. The van der Waals surface area contributed by atoms with E-state index in [2.05, 4.69) is 15.3 Å². The van der Waals surface area contributed by atoms with Gasteiger partial charge in [0, 0.05) is 17.9 Å². The average Bonchev–Trinajstić information content (AvgIpc) is 2.83. The number of carbonyl (C=O) groups excluding carboxylic acids is 2. The Bertz CT molecular complexity index is 1150. The van der Waals surface area contributed by atoms with Gasteiger partial charge >= 0.3 is 17.6 Å². The first kappa shape index (κ1) is 23.1. The minimum absolute atomic E-state index is 0.0549. The number of nitrogens with one attached hydrogen (secondary N) is 1. The van der Waals surface area contributed by atoms with Gasteiger partial charge in [-0.25, -0.2) is 19.6 Å². The maximum Gasteiger partial charge on any atom is 0.354 e. The van der Waals surface area contributed by atoms with Crippen molar-refractivity contribution in [3.63, 3.8) is 0 Å². The summed E-state index contributed by atoms with van der Waals surface area (Å²) < 4.78 is 9.45. The molecule has 0 aliphatic carbocycles. The van der Waals surface area contributed by atoms with Crippen molar-refractivity contribution in [1.82, 2.24) is 9.97 Å². The van der Waals surface area contributed by atoms with E-state index >= 15 is 0 Å². The van der Waals surface area contributed by atoms with Gasteiger partial charge in [0.2, 0.25) is 11.6 Å². The molecule has 3 rings (SSSR count). The number of hydrogen-bond donors (Lipinski definition) is 1. The summed E-state index contributed by atoms with van der Waals surface area (Å²) in [6.45, 7) is 2.25. The van der Waals surface area contributed by atoms with Crippen LogP contribution in [0, 0.1) is 10.1 Å². The highest BCUT2D eigenvalue weighted by molar-refractivity contribution is 5.97. The van der Waals surface area contributed by atoms with E-state index < -0.39 is 16.9 Å². The van der Waals surface area contributed by atoms with Gasteiger partial charge in [0.15, 0.2) is 0 Å². The normalized spacial score (nSPS) is 10.3. The predicted octanol–water partition coefficient (Wildman–Crippen LogP) is 3.86. The van der Waals surface area contributed by atoms with E-state index in [0.717, 1.165) is 0 Å². The average molecular weight is 451 g/mol. The zero-order valence-electron chi connectivity index (χ0n) is 18.1. The summed E-state index contributed by atoms with van der Waals surface area (Å²) in [5, 5.41) is 14.9. The van der Waals surface area contributed by atoms with Crippen LogP contribution in [0.15, 0.2) is 54.9 Å². The molecule has 1 N–H and O–H groups in total. The first-order chi connectivity index (χ1) is 15.9. The van der Waals surface area contributed by atoms with Crippen LogP contribution in [0.4, 0.5) is 28.7 Å². The van der Waals surface area contributed by atoms with Crippen LogP contribution < -0.4 is 10.2 Å². The van der Waals surface area contributed by atoms with Gasteiger partial charge in [0.1, 0.15) is 6.33 Å². The molecule has 1 aromatic heterocycles. The first-order valence-corrected chi connectivity index (χ1v) is 9.80. The van der Waals surface area contributed by atoms with Crippen molar-refractivity contribution in [1.29, 1.82) is 0 Å². The molecule has 0 saturated carbocycles. The van der Waals surface area contributed by atoms with Crippen molar-refractivity contribution in [3.8, 4) is 0 Å². The molecule has 0 aliphatic heterocycles. The van der Waals surface area contributed by atoms with Crippen molar-refractivity contribution >= 4 is 40.6 Å². The number of nitro groups is 1. The van der Waals surface area contributed by atoms with Gasteiger partial charge in [-0.3, -0.25) is 10.1 Å². The third-order valence-electron chi connectivity index (χ3n) is 4.66. The summed E-state index contributed by atoms with van der Waals surface area (Å²) in [5.74, 6) is -1.41. The predicted molar refractivity (Wildman–Crippen MR) is 120 cm³/mol. The molecule has 170 valence electrons. The van der Waals surface area contributed by atoms with Gasteiger partial charge in [0.05, 0.1) is 30.3 Å². The lowest BCUT2D eigenvalue weighted by Gasteiger charge is -2.22. The number of ether oxygens (including phenoxy) is 2. The fraction of sp³-hybridized carbons (Fsp3) is 0.182. The molecular weight excluding hydrogens is 430 g/mol. The monoisotopic (exact) mass is 451 g/mol. The quantitative estimate of drug-likeness (QED) is 0.305. The topological polar surface area (TPSA) is 137 Å². The third-order valence-corrected chi connectivity index (χ3v) is 4.66. The van der Waals surface area contributed by atoms with Crippen LogP contribution >= 0.6 is 0 Å². The Morgan fingerprint density at radius 2 is 1.64 bits per heavy atom. The molecule has 2 aromatic carbocycles. The third kappa shape index (κ3) is 5.03. The molecule has 1 heterocycles. The summed E-state index contributed by atoms with van der Waals surface area (Å²) >= 11 is 0. The van der Waals surface area contributed by atoms with E-state index in [1.807, 2.05) is 37.3 Å². The van der Waals surface area contributed by atoms with E-state index in [-0.39, 0.29) is 34.1 Å². The molecule has 0 spiro atoms. The summed E-state index contributed by atoms with van der Waals surface area (Å²) in [7, 11) is 2.40. The first-order valence-electron chi connectivity index (χ1n) is 9.80. The van der Waals surface area contributed by atoms with Gasteiger partial charge in [-0.05, 0) is 37.3 Å². The number of para-hydroxylation sites is 1. The molecule has 11 heteroatoms. The zero-order chi connectivity index (χ0) is 24.0. The van der Waals surface area contributed by atoms with Gasteiger partial charge < -0.3 is 19.7 Å². The molecule has 0 atom stereocenters. The Kier molecular flexibility index (Phi) is 7.13. The van der Waals surface area contributed by atoms with Gasteiger partial charge in [-0.1, -0.05) is 18.2 Å². The number of hydrogen-bond acceptors (Lipinski definition) is 10. The molecule has 3 aromatic rings. The highest BCUT2D eigenvalue weighted by atomic mass is 16.6. The maximum absolute atomic E-state index is 12.1. The highest BCUT2D eigenvalue weighted by Crippen LogP contribution is 2.37. The Morgan fingerprint density at radius 3 is 2.15 bits per heavy atom. The summed E-state index contributed by atoms with van der Waals surface area (Å²) in [5.41, 5.74) is 0.659. The largest absolute Gasteiger partial charge is 0.465 e. The number of nitrogens with zero attached hydrogens (tertiary/aromatic N) is 4. The summed E-state index contributed by atoms with van der Waals surface area (Å²) in [4.78, 5) is 45.4. The van der Waals surface area contributed by atoms with E-state index in [9.17, 15) is 19.7 Å². The van der Waals surface area contributed by atoms with Crippen LogP contribution in [0.1, 0.15) is 27.6 Å². The SMILES string of the molecule is CCN(c1ccccc1)c1ncnc(Nc2cc(C(=O)OC)cc(C(=O)OC)c2)c1[N+](=O)[O-]. The van der Waals surface area contributed by atoms with E-state index in [1.54, 1.807) is 4.90 Å². The van der Waals surface area contributed by atoms with Crippen molar-refractivity contribution in [2.45, 2.75) is 6.92 Å². The lowest BCUT2D eigenvalue weighted by atomic mass is 10.1. The Balaban J connectivity index is 2.11. The molecule has 0 aliphatic rings. The van der Waals surface area contributed by atoms with Crippen molar-refractivity contribution in [2.75, 3.05) is 31.0 Å². The molecule has 0 unspecified atom stereocenters. The molecule has 0 fully saturated rings. The lowest BCUT2D eigenvalue weighted by Crippen LogP contribution is -2.19. The molecular formula is C22H21N5O6. The molecule has 33 heavy (non-hydrogen) atoms. The van der Waals surface area contributed by atoms with Gasteiger partial charge in [-0.15, -0.1) is 0 Å². The summed E-state index contributed by atoms with van der Waals surface area (Å²) in [6, 6.07) is 13.2. The Labute approximate surface area is 189 Å². The van der Waals surface area contributed by atoms with E-state index in [4.69, 9.17) is 9.47 Å². The van der Waals surface area contributed by atoms with Crippen molar-refractivity contribution in [2.24, 2.45) is 0 Å². The number of benzene rings is 2. The number of aromatic nitrogens is 2. The standard InChI is InChI=1S/C22H21N5O6/c1-4-26(17-8-6-5-7-9-17)20-18(27(30)31)19(23-13-24-20)25-16-11-14(21(28)32-2)10-15(12-16)22(29)33-3/h5-13H,4H2,1-3H3,(H,23,24,25). The van der Waals surface area contributed by atoms with Crippen molar-refractivity contribution < 1.29 is 24.0 Å². The Morgan fingerprint density at radius 1 is 1.03 bits per heavy atom. The molecule has 11 nitrogen and oxygen atoms in total. The van der Waals surface area contributed by atoms with Crippen LogP contribution in [0.2, 0.25) is 0 Å². The van der Waals surface area contributed by atoms with Crippen LogP contribution in [0.3, 0.4) is 0 Å². The van der Waals surface area contributed by atoms with E-state index in [0.29, 0.717) is 12.2 Å². The number of esters is 2. The second kappa shape index (κ2) is 10.2.